The Morgan fingerprint density at radius 1 is 1.05 bits per heavy atom. The monoisotopic (exact) mass is 296 g/mol. The summed E-state index contributed by atoms with van der Waals surface area (Å²) in [6.07, 6.45) is 7.01. The van der Waals surface area contributed by atoms with E-state index in [0.29, 0.717) is 5.75 Å². The van der Waals surface area contributed by atoms with Crippen LogP contribution in [0.25, 0.3) is 11.3 Å². The van der Waals surface area contributed by atoms with Gasteiger partial charge >= 0.3 is 0 Å². The summed E-state index contributed by atoms with van der Waals surface area (Å²) in [7, 11) is 0. The van der Waals surface area contributed by atoms with E-state index in [0.717, 1.165) is 36.5 Å². The number of benzene rings is 1. The van der Waals surface area contributed by atoms with Crippen molar-refractivity contribution in [2.45, 2.75) is 39.2 Å². The minimum atomic E-state index is 0.367. The molecule has 1 aromatic carbocycles. The molecule has 0 saturated carbocycles. The highest BCUT2D eigenvalue weighted by atomic mass is 16.3. The fourth-order valence-electron chi connectivity index (χ4n) is 3.20. The van der Waals surface area contributed by atoms with E-state index in [1.54, 1.807) is 6.20 Å². The van der Waals surface area contributed by atoms with Crippen molar-refractivity contribution in [2.24, 2.45) is 0 Å². The van der Waals surface area contributed by atoms with Crippen molar-refractivity contribution in [1.29, 1.82) is 0 Å². The van der Waals surface area contributed by atoms with Crippen LogP contribution in [0.4, 0.5) is 0 Å². The Labute approximate surface area is 132 Å². The van der Waals surface area contributed by atoms with Crippen LogP contribution in [0, 0.1) is 6.92 Å². The van der Waals surface area contributed by atoms with E-state index in [4.69, 9.17) is 0 Å². The highest BCUT2D eigenvalue weighted by Gasteiger charge is 2.17. The summed E-state index contributed by atoms with van der Waals surface area (Å²) in [5.74, 6) is 0.367. The maximum atomic E-state index is 10.6. The van der Waals surface area contributed by atoms with Crippen molar-refractivity contribution < 1.29 is 5.11 Å². The van der Waals surface area contributed by atoms with Gasteiger partial charge in [0.2, 0.25) is 0 Å². The standard InChI is InChI=1S/C19H24N2O/c1-15-9-10-16(14-21-12-6-2-3-7-13-21)18(19(15)22)17-8-4-5-11-20-17/h4-5,8-11,22H,2-3,6-7,12-14H2,1H3. The van der Waals surface area contributed by atoms with Gasteiger partial charge in [-0.05, 0) is 56.1 Å². The summed E-state index contributed by atoms with van der Waals surface area (Å²) in [5, 5.41) is 10.6. The number of phenolic OH excluding ortho intramolecular Hbond substituents is 1. The van der Waals surface area contributed by atoms with Crippen molar-refractivity contribution in [2.75, 3.05) is 13.1 Å². The van der Waals surface area contributed by atoms with Crippen molar-refractivity contribution in [1.82, 2.24) is 9.88 Å². The lowest BCUT2D eigenvalue weighted by Gasteiger charge is -2.22. The SMILES string of the molecule is Cc1ccc(CN2CCCCCC2)c(-c2ccccn2)c1O. The van der Waals surface area contributed by atoms with Crippen LogP contribution in [0.1, 0.15) is 36.8 Å². The first kappa shape index (κ1) is 15.0. The first-order valence-corrected chi connectivity index (χ1v) is 8.21. The van der Waals surface area contributed by atoms with E-state index in [-0.39, 0.29) is 0 Å². The number of rotatable bonds is 3. The van der Waals surface area contributed by atoms with E-state index in [1.165, 1.54) is 31.2 Å². The van der Waals surface area contributed by atoms with Crippen molar-refractivity contribution in [3.05, 3.63) is 47.7 Å². The molecule has 1 aromatic heterocycles. The third kappa shape index (κ3) is 3.30. The third-order valence-corrected chi connectivity index (χ3v) is 4.48. The first-order valence-electron chi connectivity index (χ1n) is 8.21. The van der Waals surface area contributed by atoms with Crippen LogP contribution in [0.2, 0.25) is 0 Å². The van der Waals surface area contributed by atoms with Crippen molar-refractivity contribution >= 4 is 0 Å². The van der Waals surface area contributed by atoms with E-state index < -0.39 is 0 Å². The molecule has 2 heterocycles. The van der Waals surface area contributed by atoms with Crippen molar-refractivity contribution in [3.63, 3.8) is 0 Å². The highest BCUT2D eigenvalue weighted by molar-refractivity contribution is 5.72. The summed E-state index contributed by atoms with van der Waals surface area (Å²) in [6, 6.07) is 10.0. The number of hydrogen-bond donors (Lipinski definition) is 1. The molecule has 2 aromatic rings. The molecule has 1 aliphatic rings. The number of likely N-dealkylation sites (tertiary alicyclic amines) is 1. The Morgan fingerprint density at radius 3 is 2.50 bits per heavy atom. The lowest BCUT2D eigenvalue weighted by Crippen LogP contribution is -2.24. The predicted octanol–water partition coefficient (Wildman–Crippen LogP) is 4.14. The van der Waals surface area contributed by atoms with Gasteiger partial charge in [-0.1, -0.05) is 31.0 Å². The average Bonchev–Trinajstić information content (AvgIpc) is 2.81. The van der Waals surface area contributed by atoms with Gasteiger partial charge in [0.1, 0.15) is 5.75 Å². The summed E-state index contributed by atoms with van der Waals surface area (Å²) in [6.45, 7) is 5.13. The number of aromatic nitrogens is 1. The molecule has 22 heavy (non-hydrogen) atoms. The summed E-state index contributed by atoms with van der Waals surface area (Å²) in [5.41, 5.74) is 3.82. The molecule has 0 atom stereocenters. The molecule has 1 saturated heterocycles. The topological polar surface area (TPSA) is 36.4 Å². The lowest BCUT2D eigenvalue weighted by molar-refractivity contribution is 0.277. The largest absolute Gasteiger partial charge is 0.507 e. The van der Waals surface area contributed by atoms with Gasteiger partial charge in [0.15, 0.2) is 0 Å². The number of nitrogens with zero attached hydrogens (tertiary/aromatic N) is 2. The second-order valence-corrected chi connectivity index (χ2v) is 6.17. The first-order chi connectivity index (χ1) is 10.8. The van der Waals surface area contributed by atoms with Gasteiger partial charge in [0.05, 0.1) is 5.69 Å². The number of aryl methyl sites for hydroxylation is 1. The van der Waals surface area contributed by atoms with Gasteiger partial charge in [-0.2, -0.15) is 0 Å². The molecule has 0 unspecified atom stereocenters. The summed E-state index contributed by atoms with van der Waals surface area (Å²) in [4.78, 5) is 6.95. The van der Waals surface area contributed by atoms with Crippen LogP contribution in [-0.4, -0.2) is 28.1 Å². The Balaban J connectivity index is 1.95. The minimum absolute atomic E-state index is 0.367. The average molecular weight is 296 g/mol. The highest BCUT2D eigenvalue weighted by Crippen LogP contribution is 2.35. The van der Waals surface area contributed by atoms with Gasteiger partial charge in [0, 0.05) is 18.3 Å². The van der Waals surface area contributed by atoms with Gasteiger partial charge in [-0.3, -0.25) is 9.88 Å². The van der Waals surface area contributed by atoms with E-state index in [2.05, 4.69) is 16.0 Å². The number of phenols is 1. The summed E-state index contributed by atoms with van der Waals surface area (Å²) < 4.78 is 0. The normalized spacial score (nSPS) is 16.4. The van der Waals surface area contributed by atoms with E-state index >= 15 is 0 Å². The quantitative estimate of drug-likeness (QED) is 0.925. The van der Waals surface area contributed by atoms with Crippen LogP contribution in [0.15, 0.2) is 36.5 Å². The van der Waals surface area contributed by atoms with Gasteiger partial charge in [-0.15, -0.1) is 0 Å². The van der Waals surface area contributed by atoms with Crippen LogP contribution in [0.3, 0.4) is 0 Å². The Bertz CT molecular complexity index is 617. The number of hydrogen-bond acceptors (Lipinski definition) is 3. The maximum Gasteiger partial charge on any atom is 0.128 e. The van der Waals surface area contributed by atoms with E-state index in [9.17, 15) is 5.11 Å². The molecule has 1 fully saturated rings. The fourth-order valence-corrected chi connectivity index (χ4v) is 3.20. The molecule has 3 heteroatoms. The lowest BCUT2D eigenvalue weighted by atomic mass is 9.99. The molecule has 0 bridgehead atoms. The molecule has 0 radical (unpaired) electrons. The Morgan fingerprint density at radius 2 is 1.82 bits per heavy atom. The molecule has 116 valence electrons. The molecule has 0 aliphatic carbocycles. The minimum Gasteiger partial charge on any atom is -0.507 e. The summed E-state index contributed by atoms with van der Waals surface area (Å²) >= 11 is 0. The third-order valence-electron chi connectivity index (χ3n) is 4.48. The second-order valence-electron chi connectivity index (χ2n) is 6.17. The zero-order valence-electron chi connectivity index (χ0n) is 13.3. The molecular weight excluding hydrogens is 272 g/mol. The molecule has 0 amide bonds. The molecule has 3 rings (SSSR count). The zero-order valence-corrected chi connectivity index (χ0v) is 13.3. The van der Waals surface area contributed by atoms with Crippen LogP contribution in [0.5, 0.6) is 5.75 Å². The molecule has 0 spiro atoms. The fraction of sp³-hybridized carbons (Fsp3) is 0.421. The van der Waals surface area contributed by atoms with Gasteiger partial charge in [-0.25, -0.2) is 0 Å². The maximum absolute atomic E-state index is 10.6. The Kier molecular flexibility index (Phi) is 4.74. The molecule has 3 nitrogen and oxygen atoms in total. The molecule has 1 aliphatic heterocycles. The molecule has 1 N–H and O–H groups in total. The van der Waals surface area contributed by atoms with Crippen LogP contribution >= 0.6 is 0 Å². The van der Waals surface area contributed by atoms with Crippen LogP contribution < -0.4 is 0 Å². The van der Waals surface area contributed by atoms with Crippen molar-refractivity contribution in [3.8, 4) is 17.0 Å². The predicted molar refractivity (Wildman–Crippen MR) is 89.8 cm³/mol. The van der Waals surface area contributed by atoms with Crippen LogP contribution in [-0.2, 0) is 6.54 Å². The smallest absolute Gasteiger partial charge is 0.128 e. The number of aromatic hydroxyl groups is 1. The van der Waals surface area contributed by atoms with Gasteiger partial charge < -0.3 is 5.11 Å². The van der Waals surface area contributed by atoms with Gasteiger partial charge in [0.25, 0.3) is 0 Å². The second kappa shape index (κ2) is 6.93. The van der Waals surface area contributed by atoms with E-state index in [1.807, 2.05) is 31.2 Å². The molecular formula is C19H24N2O. The Hall–Kier alpha value is -1.87. The zero-order chi connectivity index (χ0) is 15.4. The number of pyridine rings is 1.